The molecule has 0 saturated heterocycles. The molecule has 2 aromatic rings. The zero-order valence-corrected chi connectivity index (χ0v) is 10.9. The van der Waals surface area contributed by atoms with Gasteiger partial charge in [-0.2, -0.15) is 0 Å². The Bertz CT molecular complexity index is 525. The first-order chi connectivity index (χ1) is 8.83. The molecule has 4 heteroatoms. The van der Waals surface area contributed by atoms with Crippen molar-refractivity contribution in [1.82, 2.24) is 10.3 Å². The van der Waals surface area contributed by atoms with Gasteiger partial charge < -0.3 is 10.4 Å². The molecule has 0 fully saturated rings. The average Bonchev–Trinajstić information content (AvgIpc) is 2.89. The number of thiazole rings is 1. The number of phenolic OH excluding ortho intramolecular Hbond substituents is 1. The van der Waals surface area contributed by atoms with E-state index in [0.717, 1.165) is 19.4 Å². The van der Waals surface area contributed by atoms with Crippen LogP contribution in [0.15, 0.2) is 29.9 Å². The number of hydrogen-bond acceptors (Lipinski definition) is 4. The minimum Gasteiger partial charge on any atom is -0.508 e. The molecule has 0 amide bonds. The van der Waals surface area contributed by atoms with Gasteiger partial charge in [-0.3, -0.25) is 4.98 Å². The number of phenols is 1. The number of aryl methyl sites for hydroxylation is 1. The van der Waals surface area contributed by atoms with Gasteiger partial charge in [0.1, 0.15) is 5.75 Å². The Balaban J connectivity index is 1.76. The van der Waals surface area contributed by atoms with Gasteiger partial charge >= 0.3 is 0 Å². The molecular formula is C14H16N2OS. The lowest BCUT2D eigenvalue weighted by Crippen LogP contribution is -2.24. The number of aromatic hydroxyl groups is 1. The van der Waals surface area contributed by atoms with Gasteiger partial charge in [-0.15, -0.1) is 11.3 Å². The van der Waals surface area contributed by atoms with E-state index in [1.165, 1.54) is 22.4 Å². The van der Waals surface area contributed by atoms with Gasteiger partial charge in [-0.05, 0) is 42.5 Å². The van der Waals surface area contributed by atoms with Gasteiger partial charge in [-0.25, -0.2) is 0 Å². The van der Waals surface area contributed by atoms with E-state index in [9.17, 15) is 5.11 Å². The third-order valence-corrected chi connectivity index (χ3v) is 4.23. The Labute approximate surface area is 111 Å². The third-order valence-electron chi connectivity index (χ3n) is 3.45. The summed E-state index contributed by atoms with van der Waals surface area (Å²) >= 11 is 1.67. The zero-order valence-electron chi connectivity index (χ0n) is 10.1. The standard InChI is InChI=1S/C14H16N2OS/c17-11-5-4-10-2-1-3-14(13(10)6-11)16-8-12-7-15-9-18-12/h4-7,9,14,16-17H,1-3,8H2. The third kappa shape index (κ3) is 2.40. The van der Waals surface area contributed by atoms with Crippen molar-refractivity contribution >= 4 is 11.3 Å². The van der Waals surface area contributed by atoms with E-state index in [1.807, 2.05) is 23.8 Å². The Morgan fingerprint density at radius 3 is 3.22 bits per heavy atom. The summed E-state index contributed by atoms with van der Waals surface area (Å²) in [6.45, 7) is 0.852. The Morgan fingerprint density at radius 2 is 2.39 bits per heavy atom. The summed E-state index contributed by atoms with van der Waals surface area (Å²) in [5, 5.41) is 13.2. The van der Waals surface area contributed by atoms with E-state index in [1.54, 1.807) is 17.4 Å². The summed E-state index contributed by atoms with van der Waals surface area (Å²) in [6, 6.07) is 6.08. The van der Waals surface area contributed by atoms with Crippen molar-refractivity contribution < 1.29 is 5.11 Å². The summed E-state index contributed by atoms with van der Waals surface area (Å²) in [4.78, 5) is 5.33. The van der Waals surface area contributed by atoms with Gasteiger partial charge in [0.25, 0.3) is 0 Å². The average molecular weight is 260 g/mol. The van der Waals surface area contributed by atoms with Crippen LogP contribution in [0.1, 0.15) is 34.9 Å². The van der Waals surface area contributed by atoms with Gasteiger partial charge in [-0.1, -0.05) is 6.07 Å². The molecule has 1 aliphatic rings. The first-order valence-electron chi connectivity index (χ1n) is 6.25. The predicted octanol–water partition coefficient (Wildman–Crippen LogP) is 3.02. The summed E-state index contributed by atoms with van der Waals surface area (Å²) in [7, 11) is 0. The predicted molar refractivity (Wildman–Crippen MR) is 72.7 cm³/mol. The maximum absolute atomic E-state index is 9.62. The molecule has 0 radical (unpaired) electrons. The summed E-state index contributed by atoms with van der Waals surface area (Å²) < 4.78 is 0. The molecule has 1 aromatic heterocycles. The molecule has 1 heterocycles. The topological polar surface area (TPSA) is 45.1 Å². The Hall–Kier alpha value is -1.39. The summed E-state index contributed by atoms with van der Waals surface area (Å²) in [6.07, 6.45) is 5.37. The second-order valence-electron chi connectivity index (χ2n) is 4.68. The molecule has 1 aromatic carbocycles. The SMILES string of the molecule is Oc1ccc2c(c1)C(NCc1cncs1)CCC2. The van der Waals surface area contributed by atoms with E-state index < -0.39 is 0 Å². The minimum absolute atomic E-state index is 0.350. The summed E-state index contributed by atoms with van der Waals surface area (Å²) in [5.74, 6) is 0.361. The molecule has 0 saturated carbocycles. The molecule has 0 aliphatic heterocycles. The number of benzene rings is 1. The van der Waals surface area contributed by atoms with Gasteiger partial charge in [0.05, 0.1) is 5.51 Å². The first-order valence-corrected chi connectivity index (χ1v) is 7.13. The van der Waals surface area contributed by atoms with Crippen LogP contribution in [0.4, 0.5) is 0 Å². The summed E-state index contributed by atoms with van der Waals surface area (Å²) in [5.41, 5.74) is 4.48. The molecule has 1 unspecified atom stereocenters. The normalized spacial score (nSPS) is 18.6. The highest BCUT2D eigenvalue weighted by molar-refractivity contribution is 7.09. The van der Waals surface area contributed by atoms with Crippen LogP contribution >= 0.6 is 11.3 Å². The number of fused-ring (bicyclic) bond motifs is 1. The fourth-order valence-corrected chi connectivity index (χ4v) is 3.10. The molecule has 3 nitrogen and oxygen atoms in total. The van der Waals surface area contributed by atoms with Crippen molar-refractivity contribution in [3.05, 3.63) is 45.9 Å². The van der Waals surface area contributed by atoms with Crippen molar-refractivity contribution in [3.63, 3.8) is 0 Å². The van der Waals surface area contributed by atoms with Crippen molar-refractivity contribution in [2.45, 2.75) is 31.8 Å². The lowest BCUT2D eigenvalue weighted by Gasteiger charge is -2.26. The lowest BCUT2D eigenvalue weighted by atomic mass is 9.87. The van der Waals surface area contributed by atoms with Crippen molar-refractivity contribution in [1.29, 1.82) is 0 Å². The molecule has 94 valence electrons. The number of nitrogens with zero attached hydrogens (tertiary/aromatic N) is 1. The minimum atomic E-state index is 0.350. The Kier molecular flexibility index (Phi) is 3.30. The van der Waals surface area contributed by atoms with Crippen LogP contribution in [0.3, 0.4) is 0 Å². The number of nitrogens with one attached hydrogen (secondary N) is 1. The quantitative estimate of drug-likeness (QED) is 0.891. The monoisotopic (exact) mass is 260 g/mol. The first kappa shape index (κ1) is 11.7. The largest absolute Gasteiger partial charge is 0.508 e. The van der Waals surface area contributed by atoms with E-state index in [4.69, 9.17) is 0 Å². The van der Waals surface area contributed by atoms with Crippen LogP contribution in [0, 0.1) is 0 Å². The zero-order chi connectivity index (χ0) is 12.4. The fraction of sp³-hybridized carbons (Fsp3) is 0.357. The van der Waals surface area contributed by atoms with Gasteiger partial charge in [0.2, 0.25) is 0 Å². The maximum atomic E-state index is 9.62. The highest BCUT2D eigenvalue weighted by atomic mass is 32.1. The number of aromatic nitrogens is 1. The molecule has 1 aliphatic carbocycles. The van der Waals surface area contributed by atoms with E-state index >= 15 is 0 Å². The fourth-order valence-electron chi connectivity index (χ4n) is 2.55. The highest BCUT2D eigenvalue weighted by Crippen LogP contribution is 2.32. The molecule has 18 heavy (non-hydrogen) atoms. The van der Waals surface area contributed by atoms with E-state index in [0.29, 0.717) is 11.8 Å². The van der Waals surface area contributed by atoms with Crippen molar-refractivity contribution in [2.75, 3.05) is 0 Å². The maximum Gasteiger partial charge on any atom is 0.115 e. The molecular weight excluding hydrogens is 244 g/mol. The van der Waals surface area contributed by atoms with Crippen molar-refractivity contribution in [3.8, 4) is 5.75 Å². The van der Waals surface area contributed by atoms with Crippen LogP contribution < -0.4 is 5.32 Å². The second-order valence-corrected chi connectivity index (χ2v) is 5.65. The van der Waals surface area contributed by atoms with Crippen LogP contribution in [0.2, 0.25) is 0 Å². The van der Waals surface area contributed by atoms with Crippen LogP contribution in [-0.4, -0.2) is 10.1 Å². The smallest absolute Gasteiger partial charge is 0.115 e. The number of rotatable bonds is 3. The lowest BCUT2D eigenvalue weighted by molar-refractivity contribution is 0.447. The van der Waals surface area contributed by atoms with Gasteiger partial charge in [0, 0.05) is 23.7 Å². The van der Waals surface area contributed by atoms with Gasteiger partial charge in [0.15, 0.2) is 0 Å². The van der Waals surface area contributed by atoms with Crippen molar-refractivity contribution in [2.24, 2.45) is 0 Å². The second kappa shape index (κ2) is 5.08. The number of hydrogen-bond donors (Lipinski definition) is 2. The molecule has 3 rings (SSSR count). The van der Waals surface area contributed by atoms with E-state index in [-0.39, 0.29) is 0 Å². The van der Waals surface area contributed by atoms with Crippen LogP contribution in [-0.2, 0) is 13.0 Å². The molecule has 2 N–H and O–H groups in total. The molecule has 1 atom stereocenters. The van der Waals surface area contributed by atoms with Crippen LogP contribution in [0.25, 0.3) is 0 Å². The highest BCUT2D eigenvalue weighted by Gasteiger charge is 2.20. The van der Waals surface area contributed by atoms with Crippen LogP contribution in [0.5, 0.6) is 5.75 Å². The molecule has 0 bridgehead atoms. The Morgan fingerprint density at radius 1 is 1.44 bits per heavy atom. The molecule has 0 spiro atoms. The van der Waals surface area contributed by atoms with E-state index in [2.05, 4.69) is 10.3 Å².